The van der Waals surface area contributed by atoms with Crippen molar-refractivity contribution in [3.8, 4) is 0 Å². The van der Waals surface area contributed by atoms with Gasteiger partial charge in [0.25, 0.3) is 5.91 Å². The third kappa shape index (κ3) is 3.80. The average molecular weight is 341 g/mol. The monoisotopic (exact) mass is 341 g/mol. The van der Waals surface area contributed by atoms with Crippen molar-refractivity contribution in [3.63, 3.8) is 0 Å². The minimum Gasteiger partial charge on any atom is -0.469 e. The van der Waals surface area contributed by atoms with Crippen LogP contribution in [0.3, 0.4) is 0 Å². The lowest BCUT2D eigenvalue weighted by Crippen LogP contribution is -2.60. The number of piperazine rings is 1. The number of thiophene rings is 1. The molecule has 2 amide bonds. The number of amides is 2. The topological polar surface area (TPSA) is 87.7 Å². The molecule has 0 aliphatic carbocycles. The molecular weight excluding hydrogens is 326 g/mol. The molecule has 1 fully saturated rings. The van der Waals surface area contributed by atoms with Crippen LogP contribution in [0.25, 0.3) is 0 Å². The molecule has 1 saturated heterocycles. The van der Waals surface area contributed by atoms with Crippen LogP contribution in [0.15, 0.2) is 17.5 Å². The van der Waals surface area contributed by atoms with Crippen LogP contribution >= 0.6 is 23.6 Å². The fourth-order valence-electron chi connectivity index (χ4n) is 2.04. The summed E-state index contributed by atoms with van der Waals surface area (Å²) < 4.78 is 4.59. The molecular formula is C13H15N3O4S2. The molecule has 1 aliphatic rings. The van der Waals surface area contributed by atoms with Gasteiger partial charge in [0.1, 0.15) is 6.04 Å². The lowest BCUT2D eigenvalue weighted by molar-refractivity contribution is -0.144. The number of rotatable bonds is 3. The minimum absolute atomic E-state index is 0.127. The van der Waals surface area contributed by atoms with Crippen molar-refractivity contribution in [2.75, 3.05) is 20.2 Å². The Bertz CT molecular complexity index is 588. The molecule has 7 nitrogen and oxygen atoms in total. The van der Waals surface area contributed by atoms with E-state index in [2.05, 4.69) is 15.4 Å². The molecule has 1 aliphatic heterocycles. The van der Waals surface area contributed by atoms with E-state index in [-0.39, 0.29) is 23.3 Å². The highest BCUT2D eigenvalue weighted by Crippen LogP contribution is 2.12. The summed E-state index contributed by atoms with van der Waals surface area (Å²) in [6.45, 7) is 0.808. The average Bonchev–Trinajstić information content (AvgIpc) is 3.03. The first-order chi connectivity index (χ1) is 10.5. The van der Waals surface area contributed by atoms with Gasteiger partial charge >= 0.3 is 5.97 Å². The summed E-state index contributed by atoms with van der Waals surface area (Å²) in [5, 5.41) is 7.17. The molecule has 22 heavy (non-hydrogen) atoms. The van der Waals surface area contributed by atoms with Gasteiger partial charge in [-0.15, -0.1) is 11.3 Å². The quantitative estimate of drug-likeness (QED) is 0.600. The molecule has 0 saturated carbocycles. The zero-order valence-corrected chi connectivity index (χ0v) is 13.5. The summed E-state index contributed by atoms with van der Waals surface area (Å²) in [5.41, 5.74) is 0. The molecule has 2 heterocycles. The fraction of sp³-hybridized carbons (Fsp3) is 0.385. The molecule has 0 unspecified atom stereocenters. The van der Waals surface area contributed by atoms with E-state index in [9.17, 15) is 14.4 Å². The van der Waals surface area contributed by atoms with Gasteiger partial charge in [0.2, 0.25) is 5.91 Å². The molecule has 0 aromatic carbocycles. The van der Waals surface area contributed by atoms with E-state index in [4.69, 9.17) is 12.2 Å². The predicted molar refractivity (Wildman–Crippen MR) is 84.5 cm³/mol. The van der Waals surface area contributed by atoms with E-state index in [1.54, 1.807) is 17.5 Å². The van der Waals surface area contributed by atoms with Crippen LogP contribution in [-0.4, -0.2) is 54.0 Å². The summed E-state index contributed by atoms with van der Waals surface area (Å²) in [7, 11) is 1.25. The Morgan fingerprint density at radius 2 is 2.36 bits per heavy atom. The third-order valence-electron chi connectivity index (χ3n) is 3.14. The smallest absolute Gasteiger partial charge is 0.308 e. The van der Waals surface area contributed by atoms with Gasteiger partial charge in [-0.05, 0) is 23.7 Å². The Hall–Kier alpha value is -2.00. The molecule has 118 valence electrons. The van der Waals surface area contributed by atoms with Crippen molar-refractivity contribution in [2.45, 2.75) is 12.5 Å². The van der Waals surface area contributed by atoms with Gasteiger partial charge in [0, 0.05) is 13.1 Å². The van der Waals surface area contributed by atoms with Gasteiger partial charge in [-0.25, -0.2) is 0 Å². The maximum atomic E-state index is 12.0. The first-order valence-corrected chi connectivity index (χ1v) is 7.81. The summed E-state index contributed by atoms with van der Waals surface area (Å²) in [4.78, 5) is 37.5. The summed E-state index contributed by atoms with van der Waals surface area (Å²) >= 11 is 6.50. The van der Waals surface area contributed by atoms with Crippen molar-refractivity contribution in [1.29, 1.82) is 0 Å². The van der Waals surface area contributed by atoms with Crippen LogP contribution in [0.5, 0.6) is 0 Å². The largest absolute Gasteiger partial charge is 0.469 e. The van der Waals surface area contributed by atoms with Crippen LogP contribution < -0.4 is 10.6 Å². The number of carbonyl (C=O) groups excluding carboxylic acids is 3. The van der Waals surface area contributed by atoms with Gasteiger partial charge in [-0.3, -0.25) is 19.7 Å². The van der Waals surface area contributed by atoms with Gasteiger partial charge in [-0.1, -0.05) is 6.07 Å². The Labute approximate surface area is 136 Å². The number of ether oxygens (including phenoxy) is 1. The second kappa shape index (κ2) is 7.32. The zero-order chi connectivity index (χ0) is 16.1. The number of hydrogen-bond donors (Lipinski definition) is 2. The molecule has 0 bridgehead atoms. The summed E-state index contributed by atoms with van der Waals surface area (Å²) in [6.07, 6.45) is -0.128. The Balaban J connectivity index is 2.06. The number of esters is 1. The highest BCUT2D eigenvalue weighted by molar-refractivity contribution is 7.80. The Morgan fingerprint density at radius 3 is 3.00 bits per heavy atom. The second-order valence-electron chi connectivity index (χ2n) is 4.52. The van der Waals surface area contributed by atoms with Crippen LogP contribution in [0.2, 0.25) is 0 Å². The maximum absolute atomic E-state index is 12.0. The number of methoxy groups -OCH3 is 1. The number of carbonyl (C=O) groups is 3. The highest BCUT2D eigenvalue weighted by atomic mass is 32.1. The van der Waals surface area contributed by atoms with E-state index >= 15 is 0 Å². The zero-order valence-electron chi connectivity index (χ0n) is 11.8. The summed E-state index contributed by atoms with van der Waals surface area (Å²) in [5.74, 6) is -1.16. The van der Waals surface area contributed by atoms with E-state index in [0.29, 0.717) is 18.0 Å². The van der Waals surface area contributed by atoms with Gasteiger partial charge in [-0.2, -0.15) is 0 Å². The first kappa shape index (κ1) is 16.4. The molecule has 1 aromatic heterocycles. The fourth-order valence-corrected chi connectivity index (χ4v) is 2.97. The molecule has 1 aromatic rings. The normalized spacial score (nSPS) is 17.6. The van der Waals surface area contributed by atoms with Crippen LogP contribution in [0.4, 0.5) is 0 Å². The van der Waals surface area contributed by atoms with Crippen LogP contribution in [-0.2, 0) is 14.3 Å². The SMILES string of the molecule is COC(=O)C[C@@H]1C(=O)NCCN1C(=S)NC(=O)c1cccs1. The summed E-state index contributed by atoms with van der Waals surface area (Å²) in [6, 6.07) is 2.66. The van der Waals surface area contributed by atoms with Gasteiger partial charge < -0.3 is 15.0 Å². The van der Waals surface area contributed by atoms with Crippen LogP contribution in [0, 0.1) is 0 Å². The van der Waals surface area contributed by atoms with Crippen molar-refractivity contribution in [3.05, 3.63) is 22.4 Å². The van der Waals surface area contributed by atoms with E-state index in [0.717, 1.165) is 0 Å². The minimum atomic E-state index is -0.780. The molecule has 0 radical (unpaired) electrons. The van der Waals surface area contributed by atoms with E-state index in [1.807, 2.05) is 0 Å². The Morgan fingerprint density at radius 1 is 1.59 bits per heavy atom. The number of nitrogens with zero attached hydrogens (tertiary/aromatic N) is 1. The van der Waals surface area contributed by atoms with E-state index in [1.165, 1.54) is 23.3 Å². The van der Waals surface area contributed by atoms with Crippen LogP contribution in [0.1, 0.15) is 16.1 Å². The number of hydrogen-bond acceptors (Lipinski definition) is 6. The maximum Gasteiger partial charge on any atom is 0.308 e. The number of thiocarbonyl (C=S) groups is 1. The molecule has 9 heteroatoms. The highest BCUT2D eigenvalue weighted by Gasteiger charge is 2.34. The van der Waals surface area contributed by atoms with Gasteiger partial charge in [0.15, 0.2) is 5.11 Å². The molecule has 2 rings (SSSR count). The number of nitrogens with one attached hydrogen (secondary N) is 2. The standard InChI is InChI=1S/C13H15N3O4S2/c1-20-10(17)7-8-11(18)14-4-5-16(8)13(21)15-12(19)9-3-2-6-22-9/h2-3,6,8H,4-5,7H2,1H3,(H,14,18)(H,15,19,21)/t8-/m1/s1. The molecule has 1 atom stereocenters. The Kier molecular flexibility index (Phi) is 5.45. The van der Waals surface area contributed by atoms with Crippen molar-refractivity contribution < 1.29 is 19.1 Å². The van der Waals surface area contributed by atoms with Crippen molar-refractivity contribution in [1.82, 2.24) is 15.5 Å². The lowest BCUT2D eigenvalue weighted by Gasteiger charge is -2.36. The lowest BCUT2D eigenvalue weighted by atomic mass is 10.1. The van der Waals surface area contributed by atoms with E-state index < -0.39 is 12.0 Å². The first-order valence-electron chi connectivity index (χ1n) is 6.53. The molecule has 2 N–H and O–H groups in total. The molecule has 0 spiro atoms. The second-order valence-corrected chi connectivity index (χ2v) is 5.85. The van der Waals surface area contributed by atoms with Gasteiger partial charge in [0.05, 0.1) is 18.4 Å². The van der Waals surface area contributed by atoms with Crippen molar-refractivity contribution >= 4 is 46.5 Å². The predicted octanol–water partition coefficient (Wildman–Crippen LogP) is 0.126. The van der Waals surface area contributed by atoms with Crippen molar-refractivity contribution in [2.24, 2.45) is 0 Å². The third-order valence-corrected chi connectivity index (χ3v) is 4.35.